The van der Waals surface area contributed by atoms with E-state index in [2.05, 4.69) is 9.84 Å². The molecule has 0 aliphatic heterocycles. The Morgan fingerprint density at radius 3 is 2.23 bits per heavy atom. The molecule has 162 valence electrons. The van der Waals surface area contributed by atoms with Crippen LogP contribution in [-0.2, 0) is 9.47 Å². The van der Waals surface area contributed by atoms with Gasteiger partial charge in [0.05, 0.1) is 19.9 Å². The number of ether oxygens (including phenoxy) is 3. The Balaban J connectivity index is 2.33. The number of halogens is 3. The molecular formula is C20H16F3N3O5. The number of benzene rings is 2. The predicted molar refractivity (Wildman–Crippen MR) is 103 cm³/mol. The van der Waals surface area contributed by atoms with Crippen LogP contribution >= 0.6 is 0 Å². The molecule has 1 heterocycles. The molecule has 0 bridgehead atoms. The van der Waals surface area contributed by atoms with Crippen LogP contribution in [0.25, 0.3) is 16.9 Å². The normalized spacial score (nSPS) is 11.1. The molecular weight excluding hydrogens is 419 g/mol. The van der Waals surface area contributed by atoms with Gasteiger partial charge in [-0.25, -0.2) is 14.3 Å². The standard InChI is InChI=1S/C20H16F3N3O5/c1-29-18(27)15-16(13-10-12(8-9-14(13)24)31-20(21,22)23)25-26(17(15)19(28)30-2)11-6-4-3-5-7-11/h3-10H,24H2,1-2H3. The highest BCUT2D eigenvalue weighted by molar-refractivity contribution is 6.07. The van der Waals surface area contributed by atoms with Crippen molar-refractivity contribution < 1.29 is 37.0 Å². The molecule has 0 radical (unpaired) electrons. The van der Waals surface area contributed by atoms with E-state index in [1.807, 2.05) is 0 Å². The number of esters is 2. The summed E-state index contributed by atoms with van der Waals surface area (Å²) in [6.45, 7) is 0. The van der Waals surface area contributed by atoms with Gasteiger partial charge in [0.25, 0.3) is 0 Å². The lowest BCUT2D eigenvalue weighted by molar-refractivity contribution is -0.274. The molecule has 0 fully saturated rings. The highest BCUT2D eigenvalue weighted by Crippen LogP contribution is 2.36. The summed E-state index contributed by atoms with van der Waals surface area (Å²) in [6, 6.07) is 11.4. The van der Waals surface area contributed by atoms with Gasteiger partial charge in [0.15, 0.2) is 5.69 Å². The van der Waals surface area contributed by atoms with Crippen molar-refractivity contribution >= 4 is 17.6 Å². The average molecular weight is 435 g/mol. The van der Waals surface area contributed by atoms with E-state index in [1.165, 1.54) is 0 Å². The fourth-order valence-electron chi connectivity index (χ4n) is 2.88. The van der Waals surface area contributed by atoms with Crippen LogP contribution in [0.5, 0.6) is 5.75 Å². The Kier molecular flexibility index (Phi) is 5.86. The van der Waals surface area contributed by atoms with Crippen LogP contribution in [0.15, 0.2) is 48.5 Å². The number of nitrogens with zero attached hydrogens (tertiary/aromatic N) is 2. The van der Waals surface area contributed by atoms with Crippen LogP contribution in [0.1, 0.15) is 20.8 Å². The number of methoxy groups -OCH3 is 2. The van der Waals surface area contributed by atoms with Gasteiger partial charge in [0, 0.05) is 11.3 Å². The summed E-state index contributed by atoms with van der Waals surface area (Å²) in [5.41, 5.74) is 5.48. The smallest absolute Gasteiger partial charge is 0.465 e. The first-order valence-electron chi connectivity index (χ1n) is 8.67. The molecule has 0 saturated heterocycles. The molecule has 3 aromatic rings. The number of carbonyl (C=O) groups excluding carboxylic acids is 2. The molecule has 0 atom stereocenters. The van der Waals surface area contributed by atoms with Gasteiger partial charge in [0.1, 0.15) is 17.0 Å². The van der Waals surface area contributed by atoms with Crippen molar-refractivity contribution in [3.63, 3.8) is 0 Å². The zero-order valence-electron chi connectivity index (χ0n) is 16.3. The zero-order valence-corrected chi connectivity index (χ0v) is 16.3. The predicted octanol–water partition coefficient (Wildman–Crippen LogP) is 3.59. The van der Waals surface area contributed by atoms with Crippen LogP contribution in [0.2, 0.25) is 0 Å². The molecule has 0 aliphatic carbocycles. The van der Waals surface area contributed by atoms with Crippen LogP contribution in [-0.4, -0.2) is 42.3 Å². The molecule has 0 amide bonds. The molecule has 1 aromatic heterocycles. The van der Waals surface area contributed by atoms with Crippen LogP contribution in [0.4, 0.5) is 18.9 Å². The molecule has 31 heavy (non-hydrogen) atoms. The number of alkyl halides is 3. The van der Waals surface area contributed by atoms with Gasteiger partial charge in [0.2, 0.25) is 0 Å². The second-order valence-corrected chi connectivity index (χ2v) is 6.10. The topological polar surface area (TPSA) is 106 Å². The SMILES string of the molecule is COC(=O)c1c(-c2cc(OC(F)(F)F)ccc2N)nn(-c2ccccc2)c1C(=O)OC. The lowest BCUT2D eigenvalue weighted by Crippen LogP contribution is -2.17. The van der Waals surface area contributed by atoms with Crippen molar-refractivity contribution in [2.45, 2.75) is 6.36 Å². The molecule has 3 rings (SSSR count). The summed E-state index contributed by atoms with van der Waals surface area (Å²) in [5.74, 6) is -2.45. The molecule has 0 unspecified atom stereocenters. The number of para-hydroxylation sites is 1. The number of rotatable bonds is 5. The van der Waals surface area contributed by atoms with Gasteiger partial charge >= 0.3 is 18.3 Å². The van der Waals surface area contributed by atoms with Gasteiger partial charge in [-0.05, 0) is 30.3 Å². The van der Waals surface area contributed by atoms with Crippen LogP contribution < -0.4 is 10.5 Å². The first-order chi connectivity index (χ1) is 14.7. The van der Waals surface area contributed by atoms with E-state index in [4.69, 9.17) is 15.2 Å². The molecule has 2 N–H and O–H groups in total. The van der Waals surface area contributed by atoms with Gasteiger partial charge in [-0.15, -0.1) is 13.2 Å². The third-order valence-electron chi connectivity index (χ3n) is 4.17. The van der Waals surface area contributed by atoms with Gasteiger partial charge < -0.3 is 19.9 Å². The van der Waals surface area contributed by atoms with E-state index in [-0.39, 0.29) is 28.2 Å². The number of carbonyl (C=O) groups is 2. The quantitative estimate of drug-likeness (QED) is 0.482. The lowest BCUT2D eigenvalue weighted by atomic mass is 10.0. The van der Waals surface area contributed by atoms with E-state index in [1.54, 1.807) is 30.3 Å². The molecule has 0 aliphatic rings. The Bertz CT molecular complexity index is 1130. The number of aromatic nitrogens is 2. The number of nitrogen functional groups attached to an aromatic ring is 1. The van der Waals surface area contributed by atoms with Gasteiger partial charge in [-0.1, -0.05) is 18.2 Å². The molecule has 0 spiro atoms. The van der Waals surface area contributed by atoms with Gasteiger partial charge in [-0.3, -0.25) is 0 Å². The largest absolute Gasteiger partial charge is 0.573 e. The number of hydrogen-bond acceptors (Lipinski definition) is 7. The minimum Gasteiger partial charge on any atom is -0.465 e. The number of anilines is 1. The third-order valence-corrected chi connectivity index (χ3v) is 4.17. The number of nitrogens with two attached hydrogens (primary N) is 1. The van der Waals surface area contributed by atoms with Crippen LogP contribution in [0, 0.1) is 0 Å². The maximum Gasteiger partial charge on any atom is 0.573 e. The summed E-state index contributed by atoms with van der Waals surface area (Å²) < 4.78 is 52.7. The minimum absolute atomic E-state index is 0.00574. The zero-order chi connectivity index (χ0) is 22.8. The number of hydrogen-bond donors (Lipinski definition) is 1. The van der Waals surface area contributed by atoms with Crippen LogP contribution in [0.3, 0.4) is 0 Å². The van der Waals surface area contributed by atoms with Crippen molar-refractivity contribution in [1.29, 1.82) is 0 Å². The second kappa shape index (κ2) is 8.38. The highest BCUT2D eigenvalue weighted by Gasteiger charge is 2.34. The molecule has 2 aromatic carbocycles. The van der Waals surface area contributed by atoms with E-state index < -0.39 is 24.1 Å². The Morgan fingerprint density at radius 1 is 1.00 bits per heavy atom. The third kappa shape index (κ3) is 4.44. The Hall–Kier alpha value is -4.02. The summed E-state index contributed by atoms with van der Waals surface area (Å²) in [7, 11) is 2.19. The summed E-state index contributed by atoms with van der Waals surface area (Å²) in [4.78, 5) is 25.1. The maximum absolute atomic E-state index is 12.7. The monoisotopic (exact) mass is 435 g/mol. The minimum atomic E-state index is -4.95. The van der Waals surface area contributed by atoms with Crippen molar-refractivity contribution in [2.75, 3.05) is 20.0 Å². The van der Waals surface area contributed by atoms with E-state index in [9.17, 15) is 22.8 Å². The van der Waals surface area contributed by atoms with Gasteiger partial charge in [-0.2, -0.15) is 5.10 Å². The second-order valence-electron chi connectivity index (χ2n) is 6.10. The maximum atomic E-state index is 12.7. The lowest BCUT2D eigenvalue weighted by Gasteiger charge is -2.11. The van der Waals surface area contributed by atoms with E-state index >= 15 is 0 Å². The van der Waals surface area contributed by atoms with Crippen molar-refractivity contribution in [3.8, 4) is 22.7 Å². The highest BCUT2D eigenvalue weighted by atomic mass is 19.4. The average Bonchev–Trinajstić information content (AvgIpc) is 3.14. The van der Waals surface area contributed by atoms with Crippen molar-refractivity contribution in [1.82, 2.24) is 9.78 Å². The Morgan fingerprint density at radius 2 is 1.65 bits per heavy atom. The summed E-state index contributed by atoms with van der Waals surface area (Å²) in [6.07, 6.45) is -4.95. The van der Waals surface area contributed by atoms with E-state index in [0.29, 0.717) is 5.69 Å². The molecule has 11 heteroatoms. The fourth-order valence-corrected chi connectivity index (χ4v) is 2.88. The molecule has 8 nitrogen and oxygen atoms in total. The van der Waals surface area contributed by atoms with Crippen molar-refractivity contribution in [3.05, 3.63) is 59.8 Å². The molecule has 0 saturated carbocycles. The fraction of sp³-hybridized carbons (Fsp3) is 0.150. The van der Waals surface area contributed by atoms with E-state index in [0.717, 1.165) is 37.1 Å². The van der Waals surface area contributed by atoms with Crippen molar-refractivity contribution in [2.24, 2.45) is 0 Å². The summed E-state index contributed by atoms with van der Waals surface area (Å²) in [5, 5.41) is 4.29. The Labute approximate surface area is 173 Å². The first kappa shape index (κ1) is 21.7. The summed E-state index contributed by atoms with van der Waals surface area (Å²) >= 11 is 0. The first-order valence-corrected chi connectivity index (χ1v) is 8.67.